The van der Waals surface area contributed by atoms with Crippen LogP contribution in [0, 0.1) is 6.92 Å². The van der Waals surface area contributed by atoms with Crippen LogP contribution >= 0.6 is 0 Å². The smallest absolute Gasteiger partial charge is 0.225 e. The SMILES string of the molecule is COc1ccccc1N1CCN(c2cc(C)nc(NC(C)C)n2)CC1. The molecule has 1 N–H and O–H groups in total. The molecule has 0 amide bonds. The van der Waals surface area contributed by atoms with Gasteiger partial charge in [-0.25, -0.2) is 4.98 Å². The topological polar surface area (TPSA) is 53.5 Å². The predicted octanol–water partition coefficient (Wildman–Crippen LogP) is 2.94. The quantitative estimate of drug-likeness (QED) is 0.902. The van der Waals surface area contributed by atoms with Crippen LogP contribution in [0.1, 0.15) is 19.5 Å². The Bertz CT molecular complexity index is 711. The van der Waals surface area contributed by atoms with Gasteiger partial charge in [0.25, 0.3) is 0 Å². The van der Waals surface area contributed by atoms with Crippen LogP contribution in [-0.2, 0) is 0 Å². The van der Waals surface area contributed by atoms with Crippen molar-refractivity contribution in [1.29, 1.82) is 0 Å². The molecule has 2 aromatic rings. The number of para-hydroxylation sites is 2. The van der Waals surface area contributed by atoms with Crippen LogP contribution in [-0.4, -0.2) is 49.3 Å². The molecule has 1 aliphatic heterocycles. The Labute approximate surface area is 149 Å². The summed E-state index contributed by atoms with van der Waals surface area (Å²) >= 11 is 0. The fourth-order valence-electron chi connectivity index (χ4n) is 3.10. The van der Waals surface area contributed by atoms with Gasteiger partial charge in [0.1, 0.15) is 11.6 Å². The van der Waals surface area contributed by atoms with Crippen molar-refractivity contribution in [3.8, 4) is 5.75 Å². The number of benzene rings is 1. The van der Waals surface area contributed by atoms with Gasteiger partial charge in [0.15, 0.2) is 0 Å². The Kier molecular flexibility index (Phi) is 5.26. The molecule has 6 nitrogen and oxygen atoms in total. The molecule has 1 aromatic carbocycles. The molecule has 1 saturated heterocycles. The molecule has 0 atom stereocenters. The maximum absolute atomic E-state index is 5.49. The highest BCUT2D eigenvalue weighted by Crippen LogP contribution is 2.29. The van der Waals surface area contributed by atoms with E-state index in [-0.39, 0.29) is 0 Å². The number of rotatable bonds is 5. The van der Waals surface area contributed by atoms with Crippen molar-refractivity contribution in [2.45, 2.75) is 26.8 Å². The Morgan fingerprint density at radius 1 is 1.04 bits per heavy atom. The molecule has 0 radical (unpaired) electrons. The summed E-state index contributed by atoms with van der Waals surface area (Å²) in [6.45, 7) is 9.94. The molecule has 0 saturated carbocycles. The molecule has 0 aliphatic carbocycles. The van der Waals surface area contributed by atoms with Crippen LogP contribution in [0.5, 0.6) is 5.75 Å². The minimum absolute atomic E-state index is 0.317. The Morgan fingerprint density at radius 3 is 2.40 bits per heavy atom. The van der Waals surface area contributed by atoms with Gasteiger partial charge in [0, 0.05) is 44.0 Å². The summed E-state index contributed by atoms with van der Waals surface area (Å²) in [5.41, 5.74) is 2.14. The number of hydrogen-bond acceptors (Lipinski definition) is 6. The third-order valence-electron chi connectivity index (χ3n) is 4.29. The first-order valence-corrected chi connectivity index (χ1v) is 8.82. The van der Waals surface area contributed by atoms with E-state index in [0.717, 1.165) is 49.1 Å². The monoisotopic (exact) mass is 341 g/mol. The van der Waals surface area contributed by atoms with Crippen molar-refractivity contribution in [3.05, 3.63) is 36.0 Å². The normalized spacial score (nSPS) is 14.8. The van der Waals surface area contributed by atoms with Gasteiger partial charge in [-0.3, -0.25) is 0 Å². The minimum atomic E-state index is 0.317. The van der Waals surface area contributed by atoms with Gasteiger partial charge in [0.05, 0.1) is 12.8 Å². The van der Waals surface area contributed by atoms with Crippen molar-refractivity contribution in [2.75, 3.05) is 48.4 Å². The summed E-state index contributed by atoms with van der Waals surface area (Å²) in [5.74, 6) is 2.63. The largest absolute Gasteiger partial charge is 0.495 e. The zero-order valence-corrected chi connectivity index (χ0v) is 15.5. The van der Waals surface area contributed by atoms with Crippen molar-refractivity contribution < 1.29 is 4.74 Å². The molecule has 1 aromatic heterocycles. The Balaban J connectivity index is 1.71. The number of nitrogens with one attached hydrogen (secondary N) is 1. The Morgan fingerprint density at radius 2 is 1.72 bits per heavy atom. The first kappa shape index (κ1) is 17.3. The first-order chi connectivity index (χ1) is 12.1. The number of anilines is 3. The van der Waals surface area contributed by atoms with Crippen molar-refractivity contribution in [1.82, 2.24) is 9.97 Å². The zero-order valence-electron chi connectivity index (χ0n) is 15.5. The van der Waals surface area contributed by atoms with Crippen molar-refractivity contribution in [3.63, 3.8) is 0 Å². The molecule has 1 fully saturated rings. The second-order valence-electron chi connectivity index (χ2n) is 6.64. The fourth-order valence-corrected chi connectivity index (χ4v) is 3.10. The lowest BCUT2D eigenvalue weighted by molar-refractivity contribution is 0.413. The van der Waals surface area contributed by atoms with Gasteiger partial charge < -0.3 is 19.9 Å². The number of piperazine rings is 1. The summed E-state index contributed by atoms with van der Waals surface area (Å²) in [6, 6.07) is 10.6. The summed E-state index contributed by atoms with van der Waals surface area (Å²) in [5, 5.41) is 3.30. The van der Waals surface area contributed by atoms with E-state index in [1.165, 1.54) is 0 Å². The van der Waals surface area contributed by atoms with Gasteiger partial charge in [-0.15, -0.1) is 0 Å². The number of aromatic nitrogens is 2. The van der Waals surface area contributed by atoms with E-state index in [2.05, 4.69) is 57.1 Å². The van der Waals surface area contributed by atoms with E-state index in [0.29, 0.717) is 12.0 Å². The molecule has 1 aliphatic rings. The van der Waals surface area contributed by atoms with E-state index >= 15 is 0 Å². The van der Waals surface area contributed by atoms with Gasteiger partial charge >= 0.3 is 0 Å². The lowest BCUT2D eigenvalue weighted by Crippen LogP contribution is -2.47. The molecule has 0 spiro atoms. The third-order valence-corrected chi connectivity index (χ3v) is 4.29. The van der Waals surface area contributed by atoms with Gasteiger partial charge in [0.2, 0.25) is 5.95 Å². The predicted molar refractivity (Wildman–Crippen MR) is 103 cm³/mol. The number of aryl methyl sites for hydroxylation is 1. The van der Waals surface area contributed by atoms with Crippen LogP contribution in [0.4, 0.5) is 17.5 Å². The average Bonchev–Trinajstić information content (AvgIpc) is 2.61. The highest BCUT2D eigenvalue weighted by atomic mass is 16.5. The maximum Gasteiger partial charge on any atom is 0.225 e. The molecule has 6 heteroatoms. The van der Waals surface area contributed by atoms with Crippen LogP contribution in [0.15, 0.2) is 30.3 Å². The highest BCUT2D eigenvalue weighted by Gasteiger charge is 2.21. The van der Waals surface area contributed by atoms with E-state index in [1.807, 2.05) is 19.1 Å². The second kappa shape index (κ2) is 7.59. The Hall–Kier alpha value is -2.50. The first-order valence-electron chi connectivity index (χ1n) is 8.82. The average molecular weight is 341 g/mol. The van der Waals surface area contributed by atoms with Crippen LogP contribution < -0.4 is 19.9 Å². The van der Waals surface area contributed by atoms with Gasteiger partial charge in [-0.05, 0) is 32.9 Å². The second-order valence-corrected chi connectivity index (χ2v) is 6.64. The molecular formula is C19H27N5O. The molecule has 0 bridgehead atoms. The van der Waals surface area contributed by atoms with E-state index in [1.54, 1.807) is 7.11 Å². The third kappa shape index (κ3) is 4.13. The minimum Gasteiger partial charge on any atom is -0.495 e. The maximum atomic E-state index is 5.49. The van der Waals surface area contributed by atoms with Crippen LogP contribution in [0.3, 0.4) is 0 Å². The molecule has 0 unspecified atom stereocenters. The van der Waals surface area contributed by atoms with E-state index < -0.39 is 0 Å². The number of nitrogens with zero attached hydrogens (tertiary/aromatic N) is 4. The molecule has 134 valence electrons. The summed E-state index contributed by atoms with van der Waals surface area (Å²) in [6.07, 6.45) is 0. The zero-order chi connectivity index (χ0) is 17.8. The molecular weight excluding hydrogens is 314 g/mol. The molecule has 3 rings (SSSR count). The van der Waals surface area contributed by atoms with Crippen molar-refractivity contribution >= 4 is 17.5 Å². The summed E-state index contributed by atoms with van der Waals surface area (Å²) in [7, 11) is 1.72. The van der Waals surface area contributed by atoms with E-state index in [4.69, 9.17) is 4.74 Å². The number of ether oxygens (including phenoxy) is 1. The van der Waals surface area contributed by atoms with Crippen LogP contribution in [0.2, 0.25) is 0 Å². The van der Waals surface area contributed by atoms with Gasteiger partial charge in [-0.2, -0.15) is 4.98 Å². The number of methoxy groups -OCH3 is 1. The van der Waals surface area contributed by atoms with E-state index in [9.17, 15) is 0 Å². The lowest BCUT2D eigenvalue weighted by Gasteiger charge is -2.37. The van der Waals surface area contributed by atoms with Crippen molar-refractivity contribution in [2.24, 2.45) is 0 Å². The summed E-state index contributed by atoms with van der Waals surface area (Å²) < 4.78 is 5.49. The standard InChI is InChI=1S/C19H27N5O/c1-14(2)20-19-21-15(3)13-18(22-19)24-11-9-23(10-12-24)16-7-5-6-8-17(16)25-4/h5-8,13-14H,9-12H2,1-4H3,(H,20,21,22). The van der Waals surface area contributed by atoms with Gasteiger partial charge in [-0.1, -0.05) is 12.1 Å². The fraction of sp³-hybridized carbons (Fsp3) is 0.474. The van der Waals surface area contributed by atoms with Crippen LogP contribution in [0.25, 0.3) is 0 Å². The molecule has 25 heavy (non-hydrogen) atoms. The highest BCUT2D eigenvalue weighted by molar-refractivity contribution is 5.59. The summed E-state index contributed by atoms with van der Waals surface area (Å²) in [4.78, 5) is 13.9. The molecule has 2 heterocycles. The number of hydrogen-bond donors (Lipinski definition) is 1. The lowest BCUT2D eigenvalue weighted by atomic mass is 10.2.